The van der Waals surface area contributed by atoms with Gasteiger partial charge in [-0.3, -0.25) is 4.68 Å². The zero-order valence-corrected chi connectivity index (χ0v) is 16.6. The van der Waals surface area contributed by atoms with E-state index >= 15 is 0 Å². The highest BCUT2D eigenvalue weighted by Crippen LogP contribution is 2.38. The highest BCUT2D eigenvalue weighted by Gasteiger charge is 2.41. The van der Waals surface area contributed by atoms with Crippen LogP contribution in [0.1, 0.15) is 24.1 Å². The summed E-state index contributed by atoms with van der Waals surface area (Å²) in [6.07, 6.45) is 4.48. The van der Waals surface area contributed by atoms with E-state index in [-0.39, 0.29) is 5.41 Å². The molecule has 0 aliphatic carbocycles. The molecule has 1 aromatic carbocycles. The van der Waals surface area contributed by atoms with Gasteiger partial charge in [0, 0.05) is 35.8 Å². The van der Waals surface area contributed by atoms with Gasteiger partial charge in [0.2, 0.25) is 11.7 Å². The monoisotopic (exact) mass is 408 g/mol. The minimum Gasteiger partial charge on any atom is -0.379 e. The largest absolute Gasteiger partial charge is 0.379 e. The molecule has 3 aromatic heterocycles. The van der Waals surface area contributed by atoms with Crippen LogP contribution in [0.3, 0.4) is 0 Å². The topological polar surface area (TPSA) is 83.8 Å². The summed E-state index contributed by atoms with van der Waals surface area (Å²) in [4.78, 5) is 9.28. The van der Waals surface area contributed by atoms with Gasteiger partial charge in [0.15, 0.2) is 0 Å². The first-order valence-corrected chi connectivity index (χ1v) is 9.71. The third kappa shape index (κ3) is 2.42. The molecule has 1 fully saturated rings. The number of aryl methyl sites for hydroxylation is 1. The molecule has 0 unspecified atom stereocenters. The highest BCUT2D eigenvalue weighted by molar-refractivity contribution is 6.31. The average Bonchev–Trinajstić information content (AvgIpc) is 3.37. The molecule has 0 radical (unpaired) electrons. The molecule has 0 bridgehead atoms. The SMILES string of the molecule is Cn1cc2c(n1)-c1cc(Cl)ccc1-n1cnc(-c3noc(C4(C)COC4)n3)c1C2. The lowest BCUT2D eigenvalue weighted by molar-refractivity contribution is -0.0644. The van der Waals surface area contributed by atoms with E-state index in [1.165, 1.54) is 0 Å². The van der Waals surface area contributed by atoms with E-state index in [2.05, 4.69) is 31.7 Å². The van der Waals surface area contributed by atoms with Crippen molar-refractivity contribution in [1.29, 1.82) is 0 Å². The van der Waals surface area contributed by atoms with Gasteiger partial charge < -0.3 is 13.8 Å². The van der Waals surface area contributed by atoms with Crippen LogP contribution >= 0.6 is 11.6 Å². The van der Waals surface area contributed by atoms with Gasteiger partial charge in [0.05, 0.1) is 35.7 Å². The molecular formula is C20H17ClN6O2. The third-order valence-corrected chi connectivity index (χ3v) is 5.83. The van der Waals surface area contributed by atoms with Crippen molar-refractivity contribution in [3.05, 3.63) is 52.9 Å². The van der Waals surface area contributed by atoms with Crippen LogP contribution in [-0.4, -0.2) is 42.7 Å². The maximum atomic E-state index is 6.29. The van der Waals surface area contributed by atoms with Crippen molar-refractivity contribution in [2.75, 3.05) is 13.2 Å². The molecule has 0 atom stereocenters. The van der Waals surface area contributed by atoms with Gasteiger partial charge >= 0.3 is 0 Å². The van der Waals surface area contributed by atoms with Crippen molar-refractivity contribution in [3.63, 3.8) is 0 Å². The number of benzene rings is 1. The lowest BCUT2D eigenvalue weighted by atomic mass is 9.89. The lowest BCUT2D eigenvalue weighted by Crippen LogP contribution is -2.44. The van der Waals surface area contributed by atoms with E-state index in [9.17, 15) is 0 Å². The van der Waals surface area contributed by atoms with Crippen molar-refractivity contribution in [2.45, 2.75) is 18.8 Å². The Morgan fingerprint density at radius 2 is 2.07 bits per heavy atom. The molecule has 1 saturated heterocycles. The van der Waals surface area contributed by atoms with Gasteiger partial charge in [-0.15, -0.1) is 0 Å². The lowest BCUT2D eigenvalue weighted by Gasteiger charge is -2.33. The summed E-state index contributed by atoms with van der Waals surface area (Å²) in [7, 11) is 1.92. The summed E-state index contributed by atoms with van der Waals surface area (Å²) in [5.74, 6) is 1.08. The van der Waals surface area contributed by atoms with Crippen LogP contribution in [0.2, 0.25) is 5.02 Å². The zero-order chi connectivity index (χ0) is 19.8. The van der Waals surface area contributed by atoms with Gasteiger partial charge in [0.25, 0.3) is 0 Å². The van der Waals surface area contributed by atoms with E-state index in [4.69, 9.17) is 20.9 Å². The third-order valence-electron chi connectivity index (χ3n) is 5.60. The number of halogens is 1. The van der Waals surface area contributed by atoms with Gasteiger partial charge in [-0.2, -0.15) is 10.1 Å². The Hall–Kier alpha value is -2.97. The molecule has 6 rings (SSSR count). The zero-order valence-electron chi connectivity index (χ0n) is 15.9. The summed E-state index contributed by atoms with van der Waals surface area (Å²) >= 11 is 6.29. The van der Waals surface area contributed by atoms with E-state index in [0.717, 1.165) is 28.2 Å². The number of imidazole rings is 1. The van der Waals surface area contributed by atoms with Crippen LogP contribution in [0.15, 0.2) is 35.2 Å². The minimum atomic E-state index is -0.220. The second-order valence-corrected chi connectivity index (χ2v) is 8.34. The molecular weight excluding hydrogens is 392 g/mol. The minimum absolute atomic E-state index is 0.220. The van der Waals surface area contributed by atoms with Crippen molar-refractivity contribution in [1.82, 2.24) is 29.5 Å². The fourth-order valence-electron chi connectivity index (χ4n) is 4.02. The fourth-order valence-corrected chi connectivity index (χ4v) is 4.19. The van der Waals surface area contributed by atoms with E-state index in [1.54, 1.807) is 6.33 Å². The molecule has 0 amide bonds. The number of ether oxygens (including phenoxy) is 1. The summed E-state index contributed by atoms with van der Waals surface area (Å²) in [6.45, 7) is 3.23. The van der Waals surface area contributed by atoms with Crippen molar-refractivity contribution < 1.29 is 9.26 Å². The Labute approximate surface area is 171 Å². The quantitative estimate of drug-likeness (QED) is 0.446. The first-order chi connectivity index (χ1) is 14.0. The predicted octanol–water partition coefficient (Wildman–Crippen LogP) is 3.17. The molecule has 0 saturated carbocycles. The number of nitrogens with zero attached hydrogens (tertiary/aromatic N) is 6. The van der Waals surface area contributed by atoms with E-state index < -0.39 is 0 Å². The molecule has 0 spiro atoms. The van der Waals surface area contributed by atoms with Gasteiger partial charge in [-0.05, 0) is 25.1 Å². The summed E-state index contributed by atoms with van der Waals surface area (Å²) in [6, 6.07) is 5.81. The predicted molar refractivity (Wildman–Crippen MR) is 105 cm³/mol. The Bertz CT molecular complexity index is 1270. The molecule has 29 heavy (non-hydrogen) atoms. The summed E-state index contributed by atoms with van der Waals surface area (Å²) in [5.41, 5.74) is 5.45. The number of aromatic nitrogens is 6. The Kier molecular flexibility index (Phi) is 3.37. The Balaban J connectivity index is 1.53. The van der Waals surface area contributed by atoms with Crippen molar-refractivity contribution in [3.8, 4) is 28.5 Å². The molecule has 4 aromatic rings. The van der Waals surface area contributed by atoms with Crippen LogP contribution < -0.4 is 0 Å². The molecule has 8 nitrogen and oxygen atoms in total. The van der Waals surface area contributed by atoms with Crippen LogP contribution in [-0.2, 0) is 23.6 Å². The molecule has 2 aliphatic rings. The molecule has 5 heterocycles. The van der Waals surface area contributed by atoms with Crippen molar-refractivity contribution in [2.24, 2.45) is 7.05 Å². The number of hydrogen-bond acceptors (Lipinski definition) is 6. The highest BCUT2D eigenvalue weighted by atomic mass is 35.5. The smallest absolute Gasteiger partial charge is 0.237 e. The number of fused-ring (bicyclic) bond motifs is 5. The van der Waals surface area contributed by atoms with Gasteiger partial charge in [-0.25, -0.2) is 4.98 Å². The Morgan fingerprint density at radius 3 is 2.86 bits per heavy atom. The van der Waals surface area contributed by atoms with E-state index in [1.807, 2.05) is 36.1 Å². The molecule has 146 valence electrons. The standard InChI is InChI=1S/C20H17ClN6O2/c1-20(8-28-9-20)19-23-18(25-29-19)17-15-5-11-7-26(2)24-16(11)13-6-12(21)3-4-14(13)27(15)10-22-17/h3-4,6-7,10H,5,8-9H2,1-2H3. The maximum absolute atomic E-state index is 6.29. The van der Waals surface area contributed by atoms with Crippen molar-refractivity contribution >= 4 is 11.6 Å². The second kappa shape index (κ2) is 5.77. The van der Waals surface area contributed by atoms with E-state index in [0.29, 0.717) is 42.1 Å². The van der Waals surface area contributed by atoms with Crippen LogP contribution in [0, 0.1) is 0 Å². The molecule has 0 N–H and O–H groups in total. The fraction of sp³-hybridized carbons (Fsp3) is 0.300. The molecule has 2 aliphatic heterocycles. The van der Waals surface area contributed by atoms with Gasteiger partial charge in [-0.1, -0.05) is 16.8 Å². The second-order valence-electron chi connectivity index (χ2n) is 7.90. The van der Waals surface area contributed by atoms with Crippen LogP contribution in [0.4, 0.5) is 0 Å². The summed E-state index contributed by atoms with van der Waals surface area (Å²) in [5, 5.41) is 9.56. The first kappa shape index (κ1) is 16.9. The van der Waals surface area contributed by atoms with Gasteiger partial charge in [0.1, 0.15) is 12.0 Å². The number of rotatable bonds is 2. The first-order valence-electron chi connectivity index (χ1n) is 9.33. The maximum Gasteiger partial charge on any atom is 0.237 e. The number of hydrogen-bond donors (Lipinski definition) is 0. The van der Waals surface area contributed by atoms with Crippen LogP contribution in [0.5, 0.6) is 0 Å². The molecule has 9 heteroatoms. The Morgan fingerprint density at radius 1 is 1.21 bits per heavy atom. The average molecular weight is 409 g/mol. The summed E-state index contributed by atoms with van der Waals surface area (Å²) < 4.78 is 14.8. The van der Waals surface area contributed by atoms with Crippen LogP contribution in [0.25, 0.3) is 28.5 Å². The normalized spacial score (nSPS) is 16.5.